The second-order valence-electron chi connectivity index (χ2n) is 5.05. The Hall–Kier alpha value is -1.66. The zero-order chi connectivity index (χ0) is 16.1. The number of aliphatic carboxylic acids is 1. The topological polar surface area (TPSA) is 62.2 Å². The quantitative estimate of drug-likeness (QED) is 0.667. The number of nitrogens with zero attached hydrogens (tertiary/aromatic N) is 1. The molecular formula is C18H17N2NaO2S. The van der Waals surface area contributed by atoms with E-state index in [2.05, 4.69) is 16.4 Å². The summed E-state index contributed by atoms with van der Waals surface area (Å²) in [6.07, 6.45) is 4.12. The van der Waals surface area contributed by atoms with E-state index >= 15 is 0 Å². The predicted octanol–water partition coefficient (Wildman–Crippen LogP) is 3.70. The molecule has 0 fully saturated rings. The first-order chi connectivity index (χ1) is 11.2. The van der Waals surface area contributed by atoms with Crippen molar-refractivity contribution in [3.05, 3.63) is 59.1 Å². The Morgan fingerprint density at radius 2 is 2.00 bits per heavy atom. The average molecular weight is 348 g/mol. The van der Waals surface area contributed by atoms with Gasteiger partial charge in [-0.3, -0.25) is 4.79 Å². The predicted molar refractivity (Wildman–Crippen MR) is 103 cm³/mol. The maximum atomic E-state index is 10.5. The molecule has 1 heterocycles. The minimum absolute atomic E-state index is 0. The molecule has 0 aliphatic carbocycles. The number of para-hydroxylation sites is 1. The average Bonchev–Trinajstić information content (AvgIpc) is 2.96. The zero-order valence-electron chi connectivity index (χ0n) is 12.4. The first-order valence-electron chi connectivity index (χ1n) is 7.30. The van der Waals surface area contributed by atoms with Crippen LogP contribution in [0, 0.1) is 0 Å². The fraction of sp³-hybridized carbons (Fsp3) is 0.111. The monoisotopic (exact) mass is 348 g/mol. The van der Waals surface area contributed by atoms with Crippen molar-refractivity contribution >= 4 is 74.9 Å². The van der Waals surface area contributed by atoms with E-state index in [0.29, 0.717) is 6.54 Å². The summed E-state index contributed by atoms with van der Waals surface area (Å²) in [4.78, 5) is 15.1. The summed E-state index contributed by atoms with van der Waals surface area (Å²) < 4.78 is 1.18. The number of rotatable bonds is 6. The fourth-order valence-corrected chi connectivity index (χ4v) is 3.07. The van der Waals surface area contributed by atoms with Crippen LogP contribution in [0.1, 0.15) is 17.0 Å². The molecule has 4 nitrogen and oxygen atoms in total. The van der Waals surface area contributed by atoms with Gasteiger partial charge in [-0.2, -0.15) is 0 Å². The third-order valence-electron chi connectivity index (χ3n) is 3.28. The van der Waals surface area contributed by atoms with Gasteiger partial charge < -0.3 is 10.4 Å². The van der Waals surface area contributed by atoms with Gasteiger partial charge in [-0.15, -0.1) is 11.3 Å². The van der Waals surface area contributed by atoms with Gasteiger partial charge in [0, 0.05) is 12.2 Å². The minimum atomic E-state index is -0.801. The summed E-state index contributed by atoms with van der Waals surface area (Å²) in [5.41, 5.74) is 2.98. The van der Waals surface area contributed by atoms with Gasteiger partial charge in [-0.25, -0.2) is 4.98 Å². The molecule has 118 valence electrons. The first-order valence-corrected chi connectivity index (χ1v) is 8.12. The molecule has 3 rings (SSSR count). The number of carboxylic acid groups (broad SMARTS) is 1. The van der Waals surface area contributed by atoms with Gasteiger partial charge in [0.2, 0.25) is 0 Å². The zero-order valence-corrected chi connectivity index (χ0v) is 13.2. The van der Waals surface area contributed by atoms with Gasteiger partial charge in [0.1, 0.15) is 5.01 Å². The molecule has 0 radical (unpaired) electrons. The Bertz CT molecular complexity index is 828. The van der Waals surface area contributed by atoms with E-state index in [4.69, 9.17) is 5.11 Å². The Balaban J connectivity index is 0.00000208. The second-order valence-corrected chi connectivity index (χ2v) is 6.11. The van der Waals surface area contributed by atoms with E-state index < -0.39 is 5.97 Å². The molecule has 0 bridgehead atoms. The number of hydrogen-bond acceptors (Lipinski definition) is 4. The summed E-state index contributed by atoms with van der Waals surface area (Å²) in [6.45, 7) is 0.417. The number of carboxylic acids is 1. The number of carbonyl (C=O) groups is 1. The van der Waals surface area contributed by atoms with Gasteiger partial charge >= 0.3 is 35.5 Å². The number of anilines is 1. The van der Waals surface area contributed by atoms with Gasteiger partial charge in [-0.1, -0.05) is 30.3 Å². The molecule has 6 heteroatoms. The van der Waals surface area contributed by atoms with E-state index in [-0.39, 0.29) is 36.0 Å². The Morgan fingerprint density at radius 3 is 2.79 bits per heavy atom. The summed E-state index contributed by atoms with van der Waals surface area (Å²) >= 11 is 1.66. The molecule has 0 saturated heterocycles. The van der Waals surface area contributed by atoms with Gasteiger partial charge in [0.25, 0.3) is 0 Å². The number of nitrogens with one attached hydrogen (secondary N) is 1. The first kappa shape index (κ1) is 18.7. The fourth-order valence-electron chi connectivity index (χ4n) is 2.19. The van der Waals surface area contributed by atoms with E-state index in [0.717, 1.165) is 21.8 Å². The van der Waals surface area contributed by atoms with Gasteiger partial charge in [0.15, 0.2) is 0 Å². The Morgan fingerprint density at radius 1 is 1.17 bits per heavy atom. The molecule has 2 N–H and O–H groups in total. The van der Waals surface area contributed by atoms with Crippen LogP contribution >= 0.6 is 11.3 Å². The van der Waals surface area contributed by atoms with Crippen molar-refractivity contribution in [1.29, 1.82) is 0 Å². The summed E-state index contributed by atoms with van der Waals surface area (Å²) in [6, 6.07) is 15.9. The van der Waals surface area contributed by atoms with Crippen LogP contribution in [0.3, 0.4) is 0 Å². The van der Waals surface area contributed by atoms with E-state index in [1.54, 1.807) is 11.3 Å². The Labute approximate surface area is 166 Å². The molecule has 0 atom stereocenters. The summed E-state index contributed by atoms with van der Waals surface area (Å²) in [5, 5.41) is 12.7. The molecule has 0 unspecified atom stereocenters. The van der Waals surface area contributed by atoms with Gasteiger partial charge in [0.05, 0.1) is 16.6 Å². The van der Waals surface area contributed by atoms with Crippen molar-refractivity contribution in [1.82, 2.24) is 4.98 Å². The molecule has 1 aromatic heterocycles. The van der Waals surface area contributed by atoms with Crippen LogP contribution in [0.5, 0.6) is 0 Å². The van der Waals surface area contributed by atoms with Crippen LogP contribution in [0.2, 0.25) is 0 Å². The summed E-state index contributed by atoms with van der Waals surface area (Å²) in [5.74, 6) is -0.801. The van der Waals surface area contributed by atoms with Gasteiger partial charge in [-0.05, 0) is 35.9 Å². The number of hydrogen-bond donors (Lipinski definition) is 2. The van der Waals surface area contributed by atoms with Crippen LogP contribution in [-0.2, 0) is 4.79 Å². The number of fused-ring (bicyclic) bond motifs is 1. The molecule has 0 aliphatic rings. The normalized spacial score (nSPS) is 10.7. The third kappa shape index (κ3) is 5.18. The van der Waals surface area contributed by atoms with Crippen LogP contribution in [0.4, 0.5) is 5.69 Å². The molecular weight excluding hydrogens is 331 g/mol. The molecule has 3 aromatic rings. The number of thiazole rings is 1. The second kappa shape index (κ2) is 8.99. The molecule has 0 aliphatic heterocycles. The third-order valence-corrected chi connectivity index (χ3v) is 4.29. The van der Waals surface area contributed by atoms with E-state index in [9.17, 15) is 4.79 Å². The van der Waals surface area contributed by atoms with Crippen molar-refractivity contribution in [3.63, 3.8) is 0 Å². The van der Waals surface area contributed by atoms with Crippen molar-refractivity contribution in [2.45, 2.75) is 6.42 Å². The Kier molecular flexibility index (Phi) is 6.99. The van der Waals surface area contributed by atoms with Crippen molar-refractivity contribution in [2.75, 3.05) is 11.9 Å². The molecule has 0 saturated carbocycles. The van der Waals surface area contributed by atoms with Crippen LogP contribution in [0.25, 0.3) is 22.4 Å². The number of aromatic nitrogens is 1. The van der Waals surface area contributed by atoms with E-state index in [1.807, 2.05) is 54.6 Å². The molecule has 0 amide bonds. The van der Waals surface area contributed by atoms with Crippen LogP contribution < -0.4 is 5.32 Å². The maximum absolute atomic E-state index is 10.5. The molecule has 24 heavy (non-hydrogen) atoms. The molecule has 2 aromatic carbocycles. The SMILES string of the molecule is O=C(O)CCNc1cccc(/C=C/c2nc3ccccc3s2)c1.[NaH]. The standard InChI is InChI=1S/C18H16N2O2S.Na.H/c21-18(22)10-11-19-14-5-3-4-13(12-14)8-9-17-20-15-6-1-2-7-16(15)23-17;;/h1-9,12,19H,10-11H2,(H,21,22);;/b9-8+;;. The van der Waals surface area contributed by atoms with Crippen molar-refractivity contribution < 1.29 is 9.90 Å². The van der Waals surface area contributed by atoms with Crippen LogP contribution in [-0.4, -0.2) is 52.2 Å². The number of benzene rings is 2. The molecule has 0 spiro atoms. The van der Waals surface area contributed by atoms with Crippen molar-refractivity contribution in [2.24, 2.45) is 0 Å². The summed E-state index contributed by atoms with van der Waals surface area (Å²) in [7, 11) is 0. The van der Waals surface area contributed by atoms with Crippen LogP contribution in [0.15, 0.2) is 48.5 Å². The van der Waals surface area contributed by atoms with E-state index in [1.165, 1.54) is 4.70 Å². The van der Waals surface area contributed by atoms with Crippen molar-refractivity contribution in [3.8, 4) is 0 Å².